The van der Waals surface area contributed by atoms with Crippen molar-refractivity contribution in [1.29, 1.82) is 0 Å². The molecule has 0 aromatic heterocycles. The van der Waals surface area contributed by atoms with Gasteiger partial charge < -0.3 is 5.32 Å². The molecule has 1 N–H and O–H groups in total. The molecule has 0 aliphatic heterocycles. The summed E-state index contributed by atoms with van der Waals surface area (Å²) in [6, 6.07) is 6.39. The van der Waals surface area contributed by atoms with Gasteiger partial charge in [-0.25, -0.2) is 0 Å². The molecular formula is C10H12IN. The van der Waals surface area contributed by atoms with Crippen LogP contribution in [-0.4, -0.2) is 0 Å². The lowest BCUT2D eigenvalue weighted by Crippen LogP contribution is -1.93. The quantitative estimate of drug-likeness (QED) is 0.832. The van der Waals surface area contributed by atoms with Crippen LogP contribution in [0.2, 0.25) is 0 Å². The van der Waals surface area contributed by atoms with Gasteiger partial charge in [0, 0.05) is 9.26 Å². The van der Waals surface area contributed by atoms with Gasteiger partial charge in [0.25, 0.3) is 0 Å². The highest BCUT2D eigenvalue weighted by atomic mass is 127. The van der Waals surface area contributed by atoms with E-state index in [1.807, 2.05) is 0 Å². The van der Waals surface area contributed by atoms with Crippen molar-refractivity contribution in [1.82, 2.24) is 0 Å². The molecule has 0 atom stereocenters. The molecule has 0 spiro atoms. The monoisotopic (exact) mass is 273 g/mol. The van der Waals surface area contributed by atoms with Crippen molar-refractivity contribution in [3.63, 3.8) is 0 Å². The van der Waals surface area contributed by atoms with Crippen molar-refractivity contribution in [2.75, 3.05) is 5.32 Å². The van der Waals surface area contributed by atoms with E-state index < -0.39 is 0 Å². The minimum absolute atomic E-state index is 1.05. The molecule has 0 unspecified atom stereocenters. The number of hydrogen-bond acceptors (Lipinski definition) is 1. The minimum Gasteiger partial charge on any atom is -0.362 e. The summed E-state index contributed by atoms with van der Waals surface area (Å²) in [5.41, 5.74) is 2.50. The van der Waals surface area contributed by atoms with E-state index in [2.05, 4.69) is 59.6 Å². The van der Waals surface area contributed by atoms with E-state index in [4.69, 9.17) is 0 Å². The van der Waals surface area contributed by atoms with E-state index >= 15 is 0 Å². The molecule has 0 saturated carbocycles. The van der Waals surface area contributed by atoms with Crippen LogP contribution in [0.15, 0.2) is 31.0 Å². The number of halogens is 1. The zero-order chi connectivity index (χ0) is 8.97. The van der Waals surface area contributed by atoms with Crippen molar-refractivity contribution in [2.24, 2.45) is 0 Å². The van der Waals surface area contributed by atoms with Crippen molar-refractivity contribution in [2.45, 2.75) is 13.3 Å². The molecule has 0 heterocycles. The lowest BCUT2D eigenvalue weighted by Gasteiger charge is -2.07. The van der Waals surface area contributed by atoms with Gasteiger partial charge in [0.15, 0.2) is 0 Å². The van der Waals surface area contributed by atoms with Crippen LogP contribution in [0, 0.1) is 3.57 Å². The van der Waals surface area contributed by atoms with E-state index in [0.29, 0.717) is 0 Å². The summed E-state index contributed by atoms with van der Waals surface area (Å²) < 4.78 is 1.24. The highest BCUT2D eigenvalue weighted by Crippen LogP contribution is 2.19. The first-order chi connectivity index (χ1) is 5.77. The summed E-state index contributed by atoms with van der Waals surface area (Å²) >= 11 is 2.30. The first-order valence-electron chi connectivity index (χ1n) is 3.93. The van der Waals surface area contributed by atoms with Crippen LogP contribution in [0.25, 0.3) is 0 Å². The number of anilines is 1. The van der Waals surface area contributed by atoms with Crippen molar-refractivity contribution in [3.8, 4) is 0 Å². The predicted molar refractivity (Wildman–Crippen MR) is 62.4 cm³/mol. The van der Waals surface area contributed by atoms with E-state index in [-0.39, 0.29) is 0 Å². The predicted octanol–water partition coefficient (Wildman–Crippen LogP) is 3.41. The topological polar surface area (TPSA) is 12.0 Å². The summed E-state index contributed by atoms with van der Waals surface area (Å²) in [6.45, 7) is 5.80. The van der Waals surface area contributed by atoms with Crippen LogP contribution in [0.5, 0.6) is 0 Å². The number of rotatable bonds is 3. The largest absolute Gasteiger partial charge is 0.362 e. The SMILES string of the molecule is C=CNc1cc(I)ccc1CC. The molecule has 0 aliphatic carbocycles. The second kappa shape index (κ2) is 4.50. The number of hydrogen-bond donors (Lipinski definition) is 1. The minimum atomic E-state index is 1.05. The molecule has 0 fully saturated rings. The Bertz CT molecular complexity index is 281. The van der Waals surface area contributed by atoms with Gasteiger partial charge in [0.1, 0.15) is 0 Å². The fourth-order valence-electron chi connectivity index (χ4n) is 1.10. The van der Waals surface area contributed by atoms with Gasteiger partial charge in [0.2, 0.25) is 0 Å². The van der Waals surface area contributed by atoms with E-state index in [0.717, 1.165) is 6.42 Å². The molecule has 1 rings (SSSR count). The molecule has 0 radical (unpaired) electrons. The van der Waals surface area contributed by atoms with Gasteiger partial charge in [-0.15, -0.1) is 0 Å². The Morgan fingerprint density at radius 2 is 2.33 bits per heavy atom. The fourth-order valence-corrected chi connectivity index (χ4v) is 1.59. The molecule has 1 nitrogen and oxygen atoms in total. The van der Waals surface area contributed by atoms with E-state index in [9.17, 15) is 0 Å². The number of nitrogens with one attached hydrogen (secondary N) is 1. The molecule has 12 heavy (non-hydrogen) atoms. The fraction of sp³-hybridized carbons (Fsp3) is 0.200. The standard InChI is InChI=1S/C10H12IN/c1-3-8-5-6-9(11)7-10(8)12-4-2/h4-7,12H,2-3H2,1H3. The third-order valence-corrected chi connectivity index (χ3v) is 2.38. The van der Waals surface area contributed by atoms with Crippen LogP contribution in [0.3, 0.4) is 0 Å². The third-order valence-electron chi connectivity index (χ3n) is 1.71. The van der Waals surface area contributed by atoms with Crippen molar-refractivity contribution >= 4 is 28.3 Å². The van der Waals surface area contributed by atoms with E-state index in [1.165, 1.54) is 14.8 Å². The van der Waals surface area contributed by atoms with Crippen LogP contribution < -0.4 is 5.32 Å². The Labute approximate surface area is 87.0 Å². The maximum atomic E-state index is 3.65. The van der Waals surface area contributed by atoms with Gasteiger partial charge in [0.05, 0.1) is 0 Å². The third kappa shape index (κ3) is 2.24. The normalized spacial score (nSPS) is 9.50. The Morgan fingerprint density at radius 3 is 2.92 bits per heavy atom. The highest BCUT2D eigenvalue weighted by Gasteiger charge is 1.98. The summed E-state index contributed by atoms with van der Waals surface area (Å²) in [6.07, 6.45) is 2.76. The molecule has 0 saturated heterocycles. The van der Waals surface area contributed by atoms with Gasteiger partial charge in [-0.05, 0) is 52.9 Å². The molecular weight excluding hydrogens is 261 g/mol. The maximum Gasteiger partial charge on any atom is 0.0422 e. The van der Waals surface area contributed by atoms with Gasteiger partial charge in [-0.2, -0.15) is 0 Å². The average molecular weight is 273 g/mol. The summed E-state index contributed by atoms with van der Waals surface area (Å²) in [5.74, 6) is 0. The molecule has 1 aromatic carbocycles. The molecule has 1 aromatic rings. The zero-order valence-corrected chi connectivity index (χ0v) is 9.26. The average Bonchev–Trinajstić information content (AvgIpc) is 2.05. The summed E-state index contributed by atoms with van der Waals surface area (Å²) in [5, 5.41) is 3.13. The van der Waals surface area contributed by atoms with Crippen LogP contribution in [-0.2, 0) is 6.42 Å². The Kier molecular flexibility index (Phi) is 3.59. The lowest BCUT2D eigenvalue weighted by atomic mass is 10.1. The molecule has 0 amide bonds. The molecule has 0 bridgehead atoms. The number of aryl methyl sites for hydroxylation is 1. The Balaban J connectivity index is 3.03. The maximum absolute atomic E-state index is 3.65. The van der Waals surface area contributed by atoms with Crippen molar-refractivity contribution < 1.29 is 0 Å². The second-order valence-electron chi connectivity index (χ2n) is 2.50. The first-order valence-corrected chi connectivity index (χ1v) is 5.01. The summed E-state index contributed by atoms with van der Waals surface area (Å²) in [7, 11) is 0. The molecule has 0 aliphatic rings. The van der Waals surface area contributed by atoms with E-state index in [1.54, 1.807) is 6.20 Å². The first kappa shape index (κ1) is 9.58. The highest BCUT2D eigenvalue weighted by molar-refractivity contribution is 14.1. The summed E-state index contributed by atoms with van der Waals surface area (Å²) in [4.78, 5) is 0. The van der Waals surface area contributed by atoms with Gasteiger partial charge >= 0.3 is 0 Å². The van der Waals surface area contributed by atoms with Crippen LogP contribution >= 0.6 is 22.6 Å². The lowest BCUT2D eigenvalue weighted by molar-refractivity contribution is 1.14. The van der Waals surface area contributed by atoms with Crippen LogP contribution in [0.1, 0.15) is 12.5 Å². The molecule has 2 heteroatoms. The van der Waals surface area contributed by atoms with Crippen LogP contribution in [0.4, 0.5) is 5.69 Å². The molecule has 64 valence electrons. The smallest absolute Gasteiger partial charge is 0.0422 e. The number of benzene rings is 1. The second-order valence-corrected chi connectivity index (χ2v) is 3.75. The zero-order valence-electron chi connectivity index (χ0n) is 7.10. The van der Waals surface area contributed by atoms with Gasteiger partial charge in [-0.1, -0.05) is 19.6 Å². The Hall–Kier alpha value is -0.510. The van der Waals surface area contributed by atoms with Crippen molar-refractivity contribution in [3.05, 3.63) is 40.1 Å². The van der Waals surface area contributed by atoms with Gasteiger partial charge in [-0.3, -0.25) is 0 Å². The Morgan fingerprint density at radius 1 is 1.58 bits per heavy atom.